The highest BCUT2D eigenvalue weighted by atomic mass is 32.2. The van der Waals surface area contributed by atoms with E-state index in [0.29, 0.717) is 5.92 Å². The molecule has 0 N–H and O–H groups in total. The maximum absolute atomic E-state index is 5.18. The summed E-state index contributed by atoms with van der Waals surface area (Å²) >= 11 is 1.77. The maximum atomic E-state index is 5.18. The molecule has 0 bridgehead atoms. The third-order valence-electron chi connectivity index (χ3n) is 2.60. The molecular formula is C14H17NOS. The third kappa shape index (κ3) is 3.37. The van der Waals surface area contributed by atoms with E-state index < -0.39 is 0 Å². The molecule has 90 valence electrons. The summed E-state index contributed by atoms with van der Waals surface area (Å²) in [5.74, 6) is 2.36. The molecule has 2 rings (SSSR count). The van der Waals surface area contributed by atoms with Gasteiger partial charge in [-0.05, 0) is 30.5 Å². The van der Waals surface area contributed by atoms with Gasteiger partial charge in [-0.2, -0.15) is 0 Å². The zero-order chi connectivity index (χ0) is 12.3. The molecule has 0 fully saturated rings. The lowest BCUT2D eigenvalue weighted by Gasteiger charge is -2.05. The number of benzene rings is 1. The summed E-state index contributed by atoms with van der Waals surface area (Å²) in [6.45, 7) is 6.36. The Hall–Kier alpha value is -1.22. The number of aryl methyl sites for hydroxylation is 1. The van der Waals surface area contributed by atoms with Gasteiger partial charge in [0, 0.05) is 11.0 Å². The first-order valence-electron chi connectivity index (χ1n) is 5.80. The number of nitrogens with zero attached hydrogens (tertiary/aromatic N) is 1. The summed E-state index contributed by atoms with van der Waals surface area (Å²) in [5.41, 5.74) is 2.32. The van der Waals surface area contributed by atoms with Gasteiger partial charge in [0.2, 0.25) is 0 Å². The van der Waals surface area contributed by atoms with Gasteiger partial charge < -0.3 is 4.52 Å². The van der Waals surface area contributed by atoms with Crippen molar-refractivity contribution in [1.82, 2.24) is 5.16 Å². The average Bonchev–Trinajstić information content (AvgIpc) is 2.73. The SMILES string of the molecule is Cc1cc(CSc2ccc(C(C)C)cc2)on1. The molecule has 0 unspecified atom stereocenters. The van der Waals surface area contributed by atoms with Crippen LogP contribution in [0.5, 0.6) is 0 Å². The number of hydrogen-bond acceptors (Lipinski definition) is 3. The molecule has 0 aliphatic heterocycles. The summed E-state index contributed by atoms with van der Waals surface area (Å²) in [4.78, 5) is 1.27. The third-order valence-corrected chi connectivity index (χ3v) is 3.64. The minimum atomic E-state index is 0.589. The second kappa shape index (κ2) is 5.41. The van der Waals surface area contributed by atoms with Crippen LogP contribution in [0.2, 0.25) is 0 Å². The normalized spacial score (nSPS) is 11.1. The van der Waals surface area contributed by atoms with Crippen LogP contribution < -0.4 is 0 Å². The van der Waals surface area contributed by atoms with Gasteiger partial charge in [0.1, 0.15) is 5.76 Å². The van der Waals surface area contributed by atoms with E-state index in [1.165, 1.54) is 10.5 Å². The van der Waals surface area contributed by atoms with Crippen molar-refractivity contribution in [2.24, 2.45) is 0 Å². The summed E-state index contributed by atoms with van der Waals surface area (Å²) in [5, 5.41) is 3.88. The molecule has 0 radical (unpaired) electrons. The van der Waals surface area contributed by atoms with Gasteiger partial charge in [-0.25, -0.2) is 0 Å². The molecule has 0 saturated carbocycles. The Labute approximate surface area is 106 Å². The summed E-state index contributed by atoms with van der Waals surface area (Å²) in [6.07, 6.45) is 0. The largest absolute Gasteiger partial charge is 0.360 e. The van der Waals surface area contributed by atoms with E-state index in [2.05, 4.69) is 43.3 Å². The second-order valence-corrected chi connectivity index (χ2v) is 5.50. The van der Waals surface area contributed by atoms with Crippen molar-refractivity contribution in [2.75, 3.05) is 0 Å². The van der Waals surface area contributed by atoms with Crippen molar-refractivity contribution in [3.05, 3.63) is 47.3 Å². The summed E-state index contributed by atoms with van der Waals surface area (Å²) < 4.78 is 5.18. The molecule has 2 aromatic rings. The van der Waals surface area contributed by atoms with Crippen LogP contribution in [0.25, 0.3) is 0 Å². The molecular weight excluding hydrogens is 230 g/mol. The highest BCUT2D eigenvalue weighted by Crippen LogP contribution is 2.25. The number of hydrogen-bond donors (Lipinski definition) is 0. The van der Waals surface area contributed by atoms with Crippen molar-refractivity contribution in [1.29, 1.82) is 0 Å². The van der Waals surface area contributed by atoms with Crippen LogP contribution in [-0.4, -0.2) is 5.16 Å². The average molecular weight is 247 g/mol. The van der Waals surface area contributed by atoms with Gasteiger partial charge in [-0.1, -0.05) is 31.1 Å². The van der Waals surface area contributed by atoms with E-state index in [9.17, 15) is 0 Å². The van der Waals surface area contributed by atoms with Gasteiger partial charge in [-0.3, -0.25) is 0 Å². The predicted octanol–water partition coefficient (Wildman–Crippen LogP) is 4.40. The first-order chi connectivity index (χ1) is 8.15. The maximum Gasteiger partial charge on any atom is 0.147 e. The number of rotatable bonds is 4. The fourth-order valence-electron chi connectivity index (χ4n) is 1.59. The molecule has 17 heavy (non-hydrogen) atoms. The van der Waals surface area contributed by atoms with E-state index in [1.54, 1.807) is 11.8 Å². The monoisotopic (exact) mass is 247 g/mol. The topological polar surface area (TPSA) is 26.0 Å². The molecule has 0 amide bonds. The van der Waals surface area contributed by atoms with Gasteiger partial charge >= 0.3 is 0 Å². The first-order valence-corrected chi connectivity index (χ1v) is 6.78. The van der Waals surface area contributed by atoms with Crippen molar-refractivity contribution >= 4 is 11.8 Å². The lowest BCUT2D eigenvalue weighted by atomic mass is 10.0. The minimum Gasteiger partial charge on any atom is -0.360 e. The van der Waals surface area contributed by atoms with Crippen molar-refractivity contribution in [2.45, 2.75) is 37.3 Å². The van der Waals surface area contributed by atoms with E-state index in [4.69, 9.17) is 4.52 Å². The Bertz CT molecular complexity index is 473. The first kappa shape index (κ1) is 12.2. The molecule has 2 nitrogen and oxygen atoms in total. The summed E-state index contributed by atoms with van der Waals surface area (Å²) in [6, 6.07) is 10.7. The Morgan fingerprint density at radius 1 is 1.24 bits per heavy atom. The van der Waals surface area contributed by atoms with Crippen LogP contribution in [0.15, 0.2) is 39.8 Å². The fourth-order valence-corrected chi connectivity index (χ4v) is 2.36. The Kier molecular flexibility index (Phi) is 3.89. The minimum absolute atomic E-state index is 0.589. The van der Waals surface area contributed by atoms with Gasteiger partial charge in [0.25, 0.3) is 0 Å². The lowest BCUT2D eigenvalue weighted by Crippen LogP contribution is -1.86. The quantitative estimate of drug-likeness (QED) is 0.749. The van der Waals surface area contributed by atoms with E-state index in [0.717, 1.165) is 17.2 Å². The highest BCUT2D eigenvalue weighted by molar-refractivity contribution is 7.98. The van der Waals surface area contributed by atoms with E-state index >= 15 is 0 Å². The van der Waals surface area contributed by atoms with Gasteiger partial charge in [0.05, 0.1) is 11.4 Å². The molecule has 0 atom stereocenters. The van der Waals surface area contributed by atoms with Crippen molar-refractivity contribution in [3.63, 3.8) is 0 Å². The van der Waals surface area contributed by atoms with Crippen LogP contribution >= 0.6 is 11.8 Å². The van der Waals surface area contributed by atoms with Crippen LogP contribution in [0.3, 0.4) is 0 Å². The molecule has 0 saturated heterocycles. The van der Waals surface area contributed by atoms with E-state index in [1.807, 2.05) is 13.0 Å². The Morgan fingerprint density at radius 3 is 2.47 bits per heavy atom. The molecule has 0 aliphatic rings. The Morgan fingerprint density at radius 2 is 1.94 bits per heavy atom. The standard InChI is InChI=1S/C14H17NOS/c1-10(2)12-4-6-14(7-5-12)17-9-13-8-11(3)15-16-13/h4-8,10H,9H2,1-3H3. The zero-order valence-electron chi connectivity index (χ0n) is 10.4. The highest BCUT2D eigenvalue weighted by Gasteiger charge is 2.03. The van der Waals surface area contributed by atoms with Crippen molar-refractivity contribution in [3.8, 4) is 0 Å². The van der Waals surface area contributed by atoms with Crippen LogP contribution in [0.1, 0.15) is 36.8 Å². The molecule has 1 aromatic heterocycles. The molecule has 1 heterocycles. The molecule has 1 aromatic carbocycles. The van der Waals surface area contributed by atoms with Crippen molar-refractivity contribution < 1.29 is 4.52 Å². The number of thioether (sulfide) groups is 1. The fraction of sp³-hybridized carbons (Fsp3) is 0.357. The summed E-state index contributed by atoms with van der Waals surface area (Å²) in [7, 11) is 0. The Balaban J connectivity index is 1.95. The second-order valence-electron chi connectivity index (χ2n) is 4.45. The van der Waals surface area contributed by atoms with Crippen LogP contribution in [0.4, 0.5) is 0 Å². The lowest BCUT2D eigenvalue weighted by molar-refractivity contribution is 0.391. The number of aromatic nitrogens is 1. The van der Waals surface area contributed by atoms with E-state index in [-0.39, 0.29) is 0 Å². The smallest absolute Gasteiger partial charge is 0.147 e. The van der Waals surface area contributed by atoms with Crippen LogP contribution in [-0.2, 0) is 5.75 Å². The zero-order valence-corrected chi connectivity index (χ0v) is 11.3. The van der Waals surface area contributed by atoms with Gasteiger partial charge in [-0.15, -0.1) is 11.8 Å². The molecule has 0 spiro atoms. The van der Waals surface area contributed by atoms with Crippen LogP contribution in [0, 0.1) is 6.92 Å². The van der Waals surface area contributed by atoms with Gasteiger partial charge in [0.15, 0.2) is 0 Å². The molecule has 3 heteroatoms. The molecule has 0 aliphatic carbocycles. The predicted molar refractivity (Wildman–Crippen MR) is 71.3 cm³/mol.